The van der Waals surface area contributed by atoms with E-state index >= 15 is 0 Å². The molecule has 0 aromatic carbocycles. The van der Waals surface area contributed by atoms with Gasteiger partial charge in [0.05, 0.1) is 0 Å². The number of hydrogen-bond acceptors (Lipinski definition) is 3. The fraction of sp³-hybridized carbons (Fsp3) is 0. The maximum atomic E-state index is 8.88. The summed E-state index contributed by atoms with van der Waals surface area (Å²) in [5.74, 6) is 0. The van der Waals surface area contributed by atoms with Crippen molar-refractivity contribution in [3.8, 4) is 0 Å². The van der Waals surface area contributed by atoms with Crippen LogP contribution in [0.3, 0.4) is 0 Å². The fourth-order valence-electron chi connectivity index (χ4n) is 0. The molecule has 0 radical (unpaired) electrons. The third-order valence-corrected chi connectivity index (χ3v) is 0. The molecule has 0 heterocycles. The van der Waals surface area contributed by atoms with Crippen molar-refractivity contribution in [3.05, 3.63) is 0 Å². The van der Waals surface area contributed by atoms with Gasteiger partial charge in [0.15, 0.2) is 0 Å². The summed E-state index contributed by atoms with van der Waals surface area (Å²) in [5, 5.41) is 0. The molecule has 0 aliphatic rings. The average molecular weight is 547 g/mol. The van der Waals surface area contributed by atoms with Gasteiger partial charge in [-0.1, -0.05) is 0 Å². The minimum Gasteiger partial charge on any atom is -1.00 e. The first-order valence-electron chi connectivity index (χ1n) is 2.35. The molecule has 12 nitrogen and oxygen atoms in total. The van der Waals surface area contributed by atoms with Crippen molar-refractivity contribution in [2.24, 2.45) is 0 Å². The first-order valence-corrected chi connectivity index (χ1v) is 7.04. The van der Waals surface area contributed by atoms with Crippen LogP contribution in [0.1, 0.15) is 17.1 Å². The molecule has 0 spiro atoms. The Morgan fingerprint density at radius 1 is 0.381 bits per heavy atom. The molecule has 0 saturated heterocycles. The summed E-state index contributed by atoms with van der Waals surface area (Å²) in [6.07, 6.45) is 0. The second-order valence-corrected chi connectivity index (χ2v) is 4.62. The van der Waals surface area contributed by atoms with Crippen molar-refractivity contribution >= 4 is 250 Å². The number of phosphoric acid groups is 3. The maximum absolute atomic E-state index is 8.88. The van der Waals surface area contributed by atoms with Gasteiger partial charge < -0.3 is 61.2 Å². The van der Waals surface area contributed by atoms with E-state index < -0.39 is 23.5 Å². The Labute approximate surface area is 317 Å². The molecule has 0 atom stereocenters. The number of hydrogen-bond donors (Lipinski definition) is 9. The average Bonchev–Trinajstić information content (AvgIpc) is 1.41. The fourth-order valence-corrected chi connectivity index (χ4v) is 0. The zero-order valence-corrected chi connectivity index (χ0v) is 26.8. The van der Waals surface area contributed by atoms with Crippen molar-refractivity contribution in [2.45, 2.75) is 0 Å². The Balaban J connectivity index is -0.00000000271. The topological polar surface area (TPSA) is 233 Å². The molecule has 0 aromatic rings. The minimum atomic E-state index is -4.64. The van der Waals surface area contributed by atoms with Gasteiger partial charge in [0.1, 0.15) is 0 Å². The minimum absolute atomic E-state index is 0. The summed E-state index contributed by atoms with van der Waals surface area (Å²) in [7, 11) is -13.9. The molecule has 0 aromatic heterocycles. The summed E-state index contributed by atoms with van der Waals surface area (Å²) in [5.41, 5.74) is 0. The molecular weight excluding hydrogens is 525 g/mol. The summed E-state index contributed by atoms with van der Waals surface area (Å²) in [6.45, 7) is 0. The van der Waals surface area contributed by atoms with Crippen molar-refractivity contribution in [3.63, 3.8) is 0 Å². The first-order chi connectivity index (χ1) is 6.00. The van der Waals surface area contributed by atoms with Crippen LogP contribution in [0.5, 0.6) is 0 Å². The van der Waals surface area contributed by atoms with E-state index in [1.54, 1.807) is 0 Å². The normalized spacial score (nSPS) is 8.43. The van der Waals surface area contributed by atoms with Crippen LogP contribution in [-0.2, 0) is 13.7 Å². The van der Waals surface area contributed by atoms with Gasteiger partial charge in [0, 0.05) is 0 Å². The SMILES string of the molecule is O=P(O)(O)O.O=P(O)(O)O.O=P(O)(O)O.[Ca+2].[Ca+2].[Ca+2].[Ca+2].[Ca+2].[Ca+2].[H-].[H-].[H-].[H-].[H-].[H-].[H-].[H-].[H-].[H-].[H-].[H-]. The van der Waals surface area contributed by atoms with Crippen LogP contribution in [0.15, 0.2) is 0 Å². The largest absolute Gasteiger partial charge is 2.00 e. The third-order valence-electron chi connectivity index (χ3n) is 0. The molecule has 0 aliphatic carbocycles. The van der Waals surface area contributed by atoms with E-state index in [4.69, 9.17) is 57.7 Å². The van der Waals surface area contributed by atoms with Gasteiger partial charge in [-0.3, -0.25) is 0 Å². The molecule has 9 N–H and O–H groups in total. The Morgan fingerprint density at radius 2 is 0.381 bits per heavy atom. The summed E-state index contributed by atoms with van der Waals surface area (Å²) >= 11 is 0. The summed E-state index contributed by atoms with van der Waals surface area (Å²) < 4.78 is 26.6. The van der Waals surface area contributed by atoms with Gasteiger partial charge in [-0.15, -0.1) is 0 Å². The van der Waals surface area contributed by atoms with Crippen molar-refractivity contribution < 1.29 is 74.9 Å². The quantitative estimate of drug-likeness (QED) is 0.105. The first kappa shape index (κ1) is 56.8. The Morgan fingerprint density at radius 3 is 0.381 bits per heavy atom. The standard InChI is InChI=1S/6Ca.3H3O4P.12H/c;;;;;;3*1-5(2,3)4;;;;;;;;;;;;/h;;;;;;3*(H3,1,2,3,4);;;;;;;;;;;;/q6*+2;;;;12*-1. The molecule has 0 bridgehead atoms. The molecule has 21 heteroatoms. The van der Waals surface area contributed by atoms with E-state index in [0.29, 0.717) is 0 Å². The van der Waals surface area contributed by atoms with Crippen LogP contribution in [0, 0.1) is 0 Å². The molecule has 0 saturated carbocycles. The van der Waals surface area contributed by atoms with Gasteiger partial charge in [0.25, 0.3) is 0 Å². The molecule has 21 heavy (non-hydrogen) atoms. The zero-order chi connectivity index (χ0) is 13.5. The molecule has 120 valence electrons. The van der Waals surface area contributed by atoms with Gasteiger partial charge >= 0.3 is 250 Å². The van der Waals surface area contributed by atoms with Gasteiger partial charge in [0.2, 0.25) is 0 Å². The molecule has 0 unspecified atom stereocenters. The molecule has 0 fully saturated rings. The zero-order valence-electron chi connectivity index (χ0n) is 22.8. The monoisotopic (exact) mass is 546 g/mol. The van der Waals surface area contributed by atoms with Crippen molar-refractivity contribution in [1.82, 2.24) is 0 Å². The maximum Gasteiger partial charge on any atom is 2.00 e. The van der Waals surface area contributed by atoms with Crippen LogP contribution < -0.4 is 0 Å². The third kappa shape index (κ3) is 300. The van der Waals surface area contributed by atoms with E-state index in [9.17, 15) is 0 Å². The molecule has 0 rings (SSSR count). The van der Waals surface area contributed by atoms with Crippen molar-refractivity contribution in [2.75, 3.05) is 0 Å². The molecule has 0 aliphatic heterocycles. The Kier molecular flexibility index (Phi) is 81.4. The van der Waals surface area contributed by atoms with E-state index in [-0.39, 0.29) is 244 Å². The van der Waals surface area contributed by atoms with E-state index in [0.717, 1.165) is 0 Å². The molecular formula is H21Ca6O12P3. The predicted octanol–water partition coefficient (Wildman–Crippen LogP) is -3.72. The summed E-state index contributed by atoms with van der Waals surface area (Å²) in [4.78, 5) is 64.7. The molecule has 0 amide bonds. The van der Waals surface area contributed by atoms with Crippen LogP contribution >= 0.6 is 23.5 Å². The van der Waals surface area contributed by atoms with E-state index in [1.165, 1.54) is 0 Å². The van der Waals surface area contributed by atoms with Crippen LogP contribution in [-0.4, -0.2) is 270 Å². The second kappa shape index (κ2) is 30.1. The smallest absolute Gasteiger partial charge is 1.00 e. The van der Waals surface area contributed by atoms with Crippen molar-refractivity contribution in [1.29, 1.82) is 0 Å². The van der Waals surface area contributed by atoms with Crippen LogP contribution in [0.25, 0.3) is 0 Å². The van der Waals surface area contributed by atoms with E-state index in [2.05, 4.69) is 0 Å². The van der Waals surface area contributed by atoms with Crippen LogP contribution in [0.2, 0.25) is 0 Å². The van der Waals surface area contributed by atoms with Gasteiger partial charge in [-0.2, -0.15) is 0 Å². The Bertz CT molecular complexity index is 246. The van der Waals surface area contributed by atoms with E-state index in [1.807, 2.05) is 0 Å². The predicted molar refractivity (Wildman–Crippen MR) is 90.7 cm³/mol. The summed E-state index contributed by atoms with van der Waals surface area (Å²) in [6, 6.07) is 0. The van der Waals surface area contributed by atoms with Gasteiger partial charge in [-0.25, -0.2) is 13.7 Å². The number of rotatable bonds is 0. The Hall–Kier alpha value is 7.89. The van der Waals surface area contributed by atoms with Crippen LogP contribution in [0.4, 0.5) is 0 Å². The second-order valence-electron chi connectivity index (χ2n) is 1.54. The van der Waals surface area contributed by atoms with Gasteiger partial charge in [-0.05, 0) is 0 Å².